The lowest BCUT2D eigenvalue weighted by atomic mass is 9.84. The minimum atomic E-state index is -0.354. The topological polar surface area (TPSA) is 76.7 Å². The molecular formula is C18H26N2O4. The number of amides is 2. The number of ketones is 1. The normalized spacial score (nSPS) is 14.9. The zero-order valence-electron chi connectivity index (χ0n) is 14.4. The van der Waals surface area contributed by atoms with Crippen LogP contribution < -0.4 is 15.4 Å². The summed E-state index contributed by atoms with van der Waals surface area (Å²) in [4.78, 5) is 24.6. The van der Waals surface area contributed by atoms with Crippen LogP contribution in [0.1, 0.15) is 42.5 Å². The summed E-state index contributed by atoms with van der Waals surface area (Å²) in [5.74, 6) is 0.771. The summed E-state index contributed by atoms with van der Waals surface area (Å²) in [6.07, 6.45) is 5.33. The number of carbonyl (C=O) groups is 2. The molecule has 6 heteroatoms. The number of rotatable bonds is 7. The molecule has 1 aliphatic carbocycles. The molecule has 0 saturated heterocycles. The van der Waals surface area contributed by atoms with E-state index in [1.165, 1.54) is 13.5 Å². The first-order chi connectivity index (χ1) is 11.7. The molecule has 0 radical (unpaired) electrons. The van der Waals surface area contributed by atoms with Gasteiger partial charge >= 0.3 is 6.03 Å². The Bertz CT molecular complexity index is 568. The molecule has 2 N–H and O–H groups in total. The second-order valence-electron chi connectivity index (χ2n) is 5.99. The zero-order chi connectivity index (χ0) is 17.4. The summed E-state index contributed by atoms with van der Waals surface area (Å²) in [5, 5.41) is 5.42. The van der Waals surface area contributed by atoms with Gasteiger partial charge in [-0.15, -0.1) is 0 Å². The van der Waals surface area contributed by atoms with Crippen molar-refractivity contribution in [2.24, 2.45) is 5.92 Å². The van der Waals surface area contributed by atoms with Crippen LogP contribution >= 0.6 is 0 Å². The van der Waals surface area contributed by atoms with Crippen LogP contribution in [0.15, 0.2) is 18.2 Å². The van der Waals surface area contributed by atoms with E-state index in [0.29, 0.717) is 30.2 Å². The van der Waals surface area contributed by atoms with Gasteiger partial charge in [0.25, 0.3) is 0 Å². The average molecular weight is 334 g/mol. The van der Waals surface area contributed by atoms with Gasteiger partial charge < -0.3 is 20.1 Å². The predicted molar refractivity (Wildman–Crippen MR) is 92.8 cm³/mol. The van der Waals surface area contributed by atoms with Crippen LogP contribution in [0.2, 0.25) is 0 Å². The Morgan fingerprint density at radius 1 is 1.17 bits per heavy atom. The zero-order valence-corrected chi connectivity index (χ0v) is 14.4. The molecule has 24 heavy (non-hydrogen) atoms. The number of anilines is 1. The fourth-order valence-electron chi connectivity index (χ4n) is 2.99. The number of nitrogens with one attached hydrogen (secondary N) is 2. The van der Waals surface area contributed by atoms with Gasteiger partial charge in [-0.3, -0.25) is 4.79 Å². The number of hydrogen-bond donors (Lipinski definition) is 2. The predicted octanol–water partition coefficient (Wildman–Crippen LogP) is 3.23. The minimum Gasteiger partial charge on any atom is -0.495 e. The standard InChI is InChI=1S/C18H26N2O4/c1-23-11-10-19-18(22)20-15-12-14(8-9-16(15)24-2)17(21)13-6-4-3-5-7-13/h8-9,12-13H,3-7,10-11H2,1-2H3,(H2,19,20,22). The summed E-state index contributed by atoms with van der Waals surface area (Å²) in [5.41, 5.74) is 1.11. The quantitative estimate of drug-likeness (QED) is 0.593. The van der Waals surface area contributed by atoms with Gasteiger partial charge in [0.15, 0.2) is 5.78 Å². The van der Waals surface area contributed by atoms with Crippen LogP contribution in [0, 0.1) is 5.92 Å². The van der Waals surface area contributed by atoms with Crippen LogP contribution in [0.4, 0.5) is 10.5 Å². The number of hydrogen-bond acceptors (Lipinski definition) is 4. The molecule has 1 saturated carbocycles. The Morgan fingerprint density at radius 3 is 2.58 bits per heavy atom. The van der Waals surface area contributed by atoms with Crippen molar-refractivity contribution in [3.05, 3.63) is 23.8 Å². The number of Topliss-reactive ketones (excluding diaryl/α,β-unsaturated/α-hetero) is 1. The van der Waals surface area contributed by atoms with E-state index in [1.54, 1.807) is 25.3 Å². The lowest BCUT2D eigenvalue weighted by Gasteiger charge is -2.21. The molecule has 1 fully saturated rings. The number of carbonyl (C=O) groups excluding carboxylic acids is 2. The Balaban J connectivity index is 2.08. The molecule has 0 unspecified atom stereocenters. The highest BCUT2D eigenvalue weighted by molar-refractivity contribution is 6.00. The summed E-state index contributed by atoms with van der Waals surface area (Å²) >= 11 is 0. The smallest absolute Gasteiger partial charge is 0.319 e. The summed E-state index contributed by atoms with van der Waals surface area (Å²) in [7, 11) is 3.11. The van der Waals surface area contributed by atoms with Crippen molar-refractivity contribution < 1.29 is 19.1 Å². The van der Waals surface area contributed by atoms with Gasteiger partial charge in [0, 0.05) is 25.1 Å². The first-order valence-electron chi connectivity index (χ1n) is 8.41. The van der Waals surface area contributed by atoms with Crippen molar-refractivity contribution in [2.75, 3.05) is 32.7 Å². The Kier molecular flexibility index (Phi) is 7.06. The summed E-state index contributed by atoms with van der Waals surface area (Å²) in [6, 6.07) is 4.84. The van der Waals surface area contributed by atoms with Gasteiger partial charge in [-0.05, 0) is 31.0 Å². The fraction of sp³-hybridized carbons (Fsp3) is 0.556. The number of benzene rings is 1. The number of urea groups is 1. The molecule has 0 bridgehead atoms. The second-order valence-corrected chi connectivity index (χ2v) is 5.99. The molecule has 0 spiro atoms. The third-order valence-electron chi connectivity index (χ3n) is 4.30. The molecule has 0 aliphatic heterocycles. The van der Waals surface area contributed by atoms with Crippen LogP contribution in [-0.2, 0) is 4.74 Å². The third-order valence-corrected chi connectivity index (χ3v) is 4.30. The summed E-state index contributed by atoms with van der Waals surface area (Å²) in [6.45, 7) is 0.843. The Morgan fingerprint density at radius 2 is 1.92 bits per heavy atom. The van der Waals surface area contributed by atoms with E-state index in [-0.39, 0.29) is 17.7 Å². The van der Waals surface area contributed by atoms with E-state index in [9.17, 15) is 9.59 Å². The molecule has 1 aliphatic rings. The van der Waals surface area contributed by atoms with E-state index < -0.39 is 0 Å². The molecule has 6 nitrogen and oxygen atoms in total. The molecule has 2 amide bonds. The molecule has 1 aromatic rings. The van der Waals surface area contributed by atoms with Crippen molar-refractivity contribution in [1.82, 2.24) is 5.32 Å². The molecule has 2 rings (SSSR count). The second kappa shape index (κ2) is 9.27. The Hall–Kier alpha value is -2.08. The first-order valence-corrected chi connectivity index (χ1v) is 8.41. The highest BCUT2D eigenvalue weighted by Crippen LogP contribution is 2.30. The van der Waals surface area contributed by atoms with Crippen LogP contribution in [0.25, 0.3) is 0 Å². The van der Waals surface area contributed by atoms with E-state index >= 15 is 0 Å². The molecule has 132 valence electrons. The lowest BCUT2D eigenvalue weighted by molar-refractivity contribution is 0.0889. The van der Waals surface area contributed by atoms with Crippen LogP contribution in [0.5, 0.6) is 5.75 Å². The largest absolute Gasteiger partial charge is 0.495 e. The van der Waals surface area contributed by atoms with Gasteiger partial charge in [0.05, 0.1) is 19.4 Å². The van der Waals surface area contributed by atoms with Gasteiger partial charge in [-0.25, -0.2) is 4.79 Å². The maximum Gasteiger partial charge on any atom is 0.319 e. The van der Waals surface area contributed by atoms with Crippen LogP contribution in [0.3, 0.4) is 0 Å². The van der Waals surface area contributed by atoms with E-state index in [4.69, 9.17) is 9.47 Å². The maximum absolute atomic E-state index is 12.7. The minimum absolute atomic E-state index is 0.0931. The molecule has 1 aromatic carbocycles. The van der Waals surface area contributed by atoms with Crippen molar-refractivity contribution in [2.45, 2.75) is 32.1 Å². The maximum atomic E-state index is 12.7. The van der Waals surface area contributed by atoms with E-state index in [0.717, 1.165) is 25.7 Å². The molecular weight excluding hydrogens is 308 g/mol. The third kappa shape index (κ3) is 4.96. The van der Waals surface area contributed by atoms with E-state index in [1.807, 2.05) is 0 Å². The SMILES string of the molecule is COCCNC(=O)Nc1cc(C(=O)C2CCCCC2)ccc1OC. The van der Waals surface area contributed by atoms with Gasteiger partial charge in [-0.2, -0.15) is 0 Å². The monoisotopic (exact) mass is 334 g/mol. The Labute approximate surface area is 142 Å². The van der Waals surface area contributed by atoms with Crippen molar-refractivity contribution >= 4 is 17.5 Å². The van der Waals surface area contributed by atoms with Crippen LogP contribution in [-0.4, -0.2) is 39.2 Å². The van der Waals surface area contributed by atoms with Crippen molar-refractivity contribution in [3.63, 3.8) is 0 Å². The van der Waals surface area contributed by atoms with Gasteiger partial charge in [0.2, 0.25) is 0 Å². The molecule has 0 heterocycles. The molecule has 0 aromatic heterocycles. The van der Waals surface area contributed by atoms with Crippen molar-refractivity contribution in [1.29, 1.82) is 0 Å². The number of ether oxygens (including phenoxy) is 2. The average Bonchev–Trinajstić information content (AvgIpc) is 2.62. The van der Waals surface area contributed by atoms with Crippen molar-refractivity contribution in [3.8, 4) is 5.75 Å². The lowest BCUT2D eigenvalue weighted by Crippen LogP contribution is -2.31. The summed E-state index contributed by atoms with van der Waals surface area (Å²) < 4.78 is 10.2. The molecule has 0 atom stereocenters. The van der Waals surface area contributed by atoms with Gasteiger partial charge in [-0.1, -0.05) is 19.3 Å². The van der Waals surface area contributed by atoms with Gasteiger partial charge in [0.1, 0.15) is 5.75 Å². The fourth-order valence-corrected chi connectivity index (χ4v) is 2.99. The number of methoxy groups -OCH3 is 2. The first kappa shape index (κ1) is 18.3. The highest BCUT2D eigenvalue weighted by Gasteiger charge is 2.23. The van der Waals surface area contributed by atoms with E-state index in [2.05, 4.69) is 10.6 Å². The highest BCUT2D eigenvalue weighted by atomic mass is 16.5.